The average molecular weight is 400 g/mol. The third-order valence-corrected chi connectivity index (χ3v) is 5.43. The molecule has 1 aromatic carbocycles. The Morgan fingerprint density at radius 1 is 1.15 bits per heavy atom. The molecule has 4 rings (SSSR count). The number of nitrogens with two attached hydrogens (primary N) is 1. The Balaban J connectivity index is 1.85. The van der Waals surface area contributed by atoms with Gasteiger partial charge in [0.05, 0.1) is 16.8 Å². The predicted molar refractivity (Wildman–Crippen MR) is 111 cm³/mol. The van der Waals surface area contributed by atoms with Gasteiger partial charge < -0.3 is 10.7 Å². The zero-order chi connectivity index (χ0) is 19.3. The first-order valence-electron chi connectivity index (χ1n) is 8.38. The molecular weight excluding hydrogens is 382 g/mol. The Kier molecular flexibility index (Phi) is 4.09. The van der Waals surface area contributed by atoms with Gasteiger partial charge >= 0.3 is 0 Å². The van der Waals surface area contributed by atoms with Crippen LogP contribution >= 0.6 is 22.9 Å². The lowest BCUT2D eigenvalue weighted by Crippen LogP contribution is -2.25. The number of rotatable bonds is 2. The first kappa shape index (κ1) is 17.8. The normalized spacial score (nSPS) is 12.0. The Morgan fingerprint density at radius 2 is 1.85 bits per heavy atom. The summed E-state index contributed by atoms with van der Waals surface area (Å²) < 4.78 is 0. The van der Waals surface area contributed by atoms with Gasteiger partial charge in [0.25, 0.3) is 0 Å². The molecule has 0 saturated carbocycles. The molecule has 138 valence electrons. The van der Waals surface area contributed by atoms with Gasteiger partial charge in [-0.3, -0.25) is 9.89 Å². The van der Waals surface area contributed by atoms with Gasteiger partial charge in [-0.05, 0) is 12.1 Å². The van der Waals surface area contributed by atoms with Gasteiger partial charge in [-0.25, -0.2) is 4.98 Å². The summed E-state index contributed by atoms with van der Waals surface area (Å²) in [7, 11) is 0. The fourth-order valence-corrected chi connectivity index (χ4v) is 3.97. The maximum Gasteiger partial charge on any atom is 0.227 e. The first-order valence-corrected chi connectivity index (χ1v) is 9.63. The van der Waals surface area contributed by atoms with Crippen molar-refractivity contribution in [2.75, 3.05) is 5.73 Å². The summed E-state index contributed by atoms with van der Waals surface area (Å²) in [5, 5.41) is 10.6. The van der Waals surface area contributed by atoms with Crippen LogP contribution in [0, 0.1) is 0 Å². The second-order valence-corrected chi connectivity index (χ2v) is 8.65. The molecule has 0 radical (unpaired) electrons. The molecule has 8 heteroatoms. The Labute approximate surface area is 164 Å². The first-order chi connectivity index (χ1) is 12.8. The quantitative estimate of drug-likeness (QED) is 0.459. The highest BCUT2D eigenvalue weighted by Gasteiger charge is 2.24. The summed E-state index contributed by atoms with van der Waals surface area (Å²) in [4.78, 5) is 20.5. The van der Waals surface area contributed by atoms with E-state index < -0.39 is 0 Å². The van der Waals surface area contributed by atoms with Crippen LogP contribution in [0.1, 0.15) is 26.5 Å². The molecule has 0 amide bonds. The van der Waals surface area contributed by atoms with Crippen LogP contribution in [-0.4, -0.2) is 20.2 Å². The summed E-state index contributed by atoms with van der Waals surface area (Å²) in [6.07, 6.45) is 0. The van der Waals surface area contributed by atoms with Crippen LogP contribution < -0.4 is 11.2 Å². The second kappa shape index (κ2) is 6.21. The molecule has 0 aliphatic heterocycles. The predicted octanol–water partition coefficient (Wildman–Crippen LogP) is 4.57. The molecule has 0 unspecified atom stereocenters. The molecule has 0 aliphatic carbocycles. The van der Waals surface area contributed by atoms with Crippen molar-refractivity contribution in [2.24, 2.45) is 0 Å². The molecule has 0 spiro atoms. The van der Waals surface area contributed by atoms with E-state index in [-0.39, 0.29) is 10.8 Å². The molecule has 27 heavy (non-hydrogen) atoms. The fraction of sp³-hybridized carbons (Fsp3) is 0.211. The number of benzene rings is 1. The lowest BCUT2D eigenvalue weighted by molar-refractivity contribution is 0.556. The van der Waals surface area contributed by atoms with E-state index in [1.54, 1.807) is 0 Å². The lowest BCUT2D eigenvalue weighted by Gasteiger charge is -2.15. The zero-order valence-corrected chi connectivity index (χ0v) is 16.6. The fourth-order valence-electron chi connectivity index (χ4n) is 2.95. The highest BCUT2D eigenvalue weighted by atomic mass is 35.5. The van der Waals surface area contributed by atoms with Crippen molar-refractivity contribution >= 4 is 39.8 Å². The topological polar surface area (TPSA) is 100 Å². The minimum Gasteiger partial charge on any atom is -0.385 e. The molecule has 3 heterocycles. The summed E-state index contributed by atoms with van der Waals surface area (Å²) in [6.45, 7) is 5.84. The van der Waals surface area contributed by atoms with Crippen molar-refractivity contribution < 1.29 is 0 Å². The molecule has 6 nitrogen and oxygen atoms in total. The van der Waals surface area contributed by atoms with E-state index in [4.69, 9.17) is 22.3 Å². The van der Waals surface area contributed by atoms with Crippen LogP contribution in [-0.2, 0) is 5.41 Å². The zero-order valence-electron chi connectivity index (χ0n) is 15.1. The van der Waals surface area contributed by atoms with Gasteiger partial charge in [-0.1, -0.05) is 44.5 Å². The van der Waals surface area contributed by atoms with E-state index in [2.05, 4.69) is 15.2 Å². The number of nitrogens with zero attached hydrogens (tertiary/aromatic N) is 2. The SMILES string of the molecule is CC(C)(C)c1n[nH]c2c(-c3nc(-c4ccc(Cl)cc4)cs3)c(N)[nH]c2c1=O. The summed E-state index contributed by atoms with van der Waals surface area (Å²) in [5.74, 6) is 0.392. The van der Waals surface area contributed by atoms with Gasteiger partial charge in [0, 0.05) is 21.4 Å². The van der Waals surface area contributed by atoms with E-state index in [0.717, 1.165) is 11.3 Å². The van der Waals surface area contributed by atoms with Crippen molar-refractivity contribution in [2.45, 2.75) is 26.2 Å². The number of halogens is 1. The highest BCUT2D eigenvalue weighted by molar-refractivity contribution is 7.13. The van der Waals surface area contributed by atoms with Crippen LogP contribution in [0.3, 0.4) is 0 Å². The van der Waals surface area contributed by atoms with Gasteiger partial charge in [-0.15, -0.1) is 11.3 Å². The van der Waals surface area contributed by atoms with Crippen LogP contribution in [0.2, 0.25) is 5.02 Å². The minimum absolute atomic E-state index is 0.149. The van der Waals surface area contributed by atoms with Crippen LogP contribution in [0.25, 0.3) is 32.9 Å². The molecule has 0 atom stereocenters. The van der Waals surface area contributed by atoms with Crippen molar-refractivity contribution in [3.63, 3.8) is 0 Å². The Morgan fingerprint density at radius 3 is 2.52 bits per heavy atom. The molecular formula is C19H18ClN5OS. The number of hydrogen-bond donors (Lipinski definition) is 3. The van der Waals surface area contributed by atoms with Crippen molar-refractivity contribution in [3.05, 3.63) is 50.6 Å². The lowest BCUT2D eigenvalue weighted by atomic mass is 9.91. The molecule has 0 fully saturated rings. The molecule has 0 bridgehead atoms. The minimum atomic E-state index is -0.370. The number of nitrogens with one attached hydrogen (secondary N) is 2. The highest BCUT2D eigenvalue weighted by Crippen LogP contribution is 2.36. The third-order valence-electron chi connectivity index (χ3n) is 4.32. The van der Waals surface area contributed by atoms with E-state index in [1.807, 2.05) is 50.4 Å². The molecule has 4 N–H and O–H groups in total. The van der Waals surface area contributed by atoms with Gasteiger partial charge in [0.1, 0.15) is 22.0 Å². The number of aromatic amines is 2. The maximum absolute atomic E-state index is 12.8. The number of hydrogen-bond acceptors (Lipinski definition) is 5. The number of aromatic nitrogens is 4. The average Bonchev–Trinajstić information content (AvgIpc) is 3.19. The van der Waals surface area contributed by atoms with Crippen molar-refractivity contribution in [1.82, 2.24) is 20.2 Å². The van der Waals surface area contributed by atoms with Crippen molar-refractivity contribution in [3.8, 4) is 21.8 Å². The van der Waals surface area contributed by atoms with Crippen LogP contribution in [0.4, 0.5) is 5.82 Å². The molecule has 4 aromatic rings. The number of H-pyrrole nitrogens is 2. The number of nitrogen functional groups attached to an aromatic ring is 1. The monoisotopic (exact) mass is 399 g/mol. The van der Waals surface area contributed by atoms with Crippen molar-refractivity contribution in [1.29, 1.82) is 0 Å². The van der Waals surface area contributed by atoms with E-state index >= 15 is 0 Å². The third kappa shape index (κ3) is 3.02. The number of anilines is 1. The summed E-state index contributed by atoms with van der Waals surface area (Å²) in [5.41, 5.74) is 9.57. The second-order valence-electron chi connectivity index (χ2n) is 7.36. The Bertz CT molecular complexity index is 1200. The maximum atomic E-state index is 12.8. The number of thiazole rings is 1. The van der Waals surface area contributed by atoms with Gasteiger partial charge in [-0.2, -0.15) is 5.10 Å². The smallest absolute Gasteiger partial charge is 0.227 e. The van der Waals surface area contributed by atoms with Crippen LogP contribution in [0.5, 0.6) is 0 Å². The summed E-state index contributed by atoms with van der Waals surface area (Å²) in [6, 6.07) is 7.48. The number of fused-ring (bicyclic) bond motifs is 1. The van der Waals surface area contributed by atoms with Crippen LogP contribution in [0.15, 0.2) is 34.4 Å². The van der Waals surface area contributed by atoms with E-state index in [1.165, 1.54) is 11.3 Å². The standard InChI is InChI=1S/C19H18ClN5OS/c1-19(2,3)16-15(26)14-13(24-25-16)12(17(21)23-14)18-22-11(8-27-18)9-4-6-10(20)7-5-9/h4-8,23H,21H2,1-3H3,(H,24,26). The largest absolute Gasteiger partial charge is 0.385 e. The van der Waals surface area contributed by atoms with Gasteiger partial charge in [0.2, 0.25) is 5.43 Å². The molecule has 0 aliphatic rings. The molecule has 3 aromatic heterocycles. The summed E-state index contributed by atoms with van der Waals surface area (Å²) >= 11 is 7.41. The van der Waals surface area contributed by atoms with E-state index in [0.29, 0.717) is 38.1 Å². The Hall–Kier alpha value is -2.64. The van der Waals surface area contributed by atoms with E-state index in [9.17, 15) is 4.79 Å². The van der Waals surface area contributed by atoms with Gasteiger partial charge in [0.15, 0.2) is 0 Å². The molecule has 0 saturated heterocycles.